The van der Waals surface area contributed by atoms with Crippen LogP contribution in [0.3, 0.4) is 0 Å². The van der Waals surface area contributed by atoms with Gasteiger partial charge in [-0.2, -0.15) is 0 Å². The van der Waals surface area contributed by atoms with Gasteiger partial charge in [-0.25, -0.2) is 0 Å². The number of hydrogen-bond donors (Lipinski definition) is 2. The van der Waals surface area contributed by atoms with Gasteiger partial charge in [0.25, 0.3) is 0 Å². The lowest BCUT2D eigenvalue weighted by Crippen LogP contribution is -2.05. The smallest absolute Gasteiger partial charge is 0.200 e. The maximum absolute atomic E-state index is 12.3. The average Bonchev–Trinajstić information content (AvgIpc) is 2.49. The molecule has 0 saturated heterocycles. The van der Waals surface area contributed by atoms with Gasteiger partial charge in [0.05, 0.1) is 11.1 Å². The lowest BCUT2D eigenvalue weighted by atomic mass is 9.95. The Labute approximate surface area is 119 Å². The Hall–Kier alpha value is -2.29. The monoisotopic (exact) mass is 272 g/mol. The molecule has 0 saturated carbocycles. The van der Waals surface area contributed by atoms with Crippen LogP contribution in [0.15, 0.2) is 42.5 Å². The predicted octanol–water partition coefficient (Wildman–Crippen LogP) is 3.92. The van der Waals surface area contributed by atoms with Crippen molar-refractivity contribution in [1.29, 1.82) is 0 Å². The highest BCUT2D eigenvalue weighted by Crippen LogP contribution is 2.27. The van der Waals surface area contributed by atoms with E-state index in [1.165, 1.54) is 12.1 Å². The zero-order chi connectivity index (χ0) is 15.1. The van der Waals surface area contributed by atoms with Gasteiger partial charge >= 0.3 is 0 Å². The normalized spacial score (nSPS) is 9.55. The zero-order valence-corrected chi connectivity index (χ0v) is 12.1. The van der Waals surface area contributed by atoms with Crippen molar-refractivity contribution in [2.75, 3.05) is 0 Å². The van der Waals surface area contributed by atoms with Gasteiger partial charge in [-0.1, -0.05) is 45.0 Å². The zero-order valence-electron chi connectivity index (χ0n) is 12.1. The molecule has 0 aliphatic carbocycles. The van der Waals surface area contributed by atoms with Crippen LogP contribution >= 0.6 is 0 Å². The number of benzene rings is 2. The first-order chi connectivity index (χ1) is 9.65. The van der Waals surface area contributed by atoms with Gasteiger partial charge in [-0.3, -0.25) is 4.79 Å². The molecule has 2 rings (SSSR count). The lowest BCUT2D eigenvalue weighted by molar-refractivity contribution is 0.103. The Balaban J connectivity index is 0.000000956. The summed E-state index contributed by atoms with van der Waals surface area (Å²) >= 11 is 0. The summed E-state index contributed by atoms with van der Waals surface area (Å²) in [5.41, 5.74) is 1.23. The molecule has 0 unspecified atom stereocenters. The number of aryl methyl sites for hydroxylation is 1. The molecule has 0 atom stereocenters. The van der Waals surface area contributed by atoms with Gasteiger partial charge in [-0.15, -0.1) is 0 Å². The fraction of sp³-hybridized carbons (Fsp3) is 0.235. The van der Waals surface area contributed by atoms with Crippen LogP contribution in [0.25, 0.3) is 0 Å². The van der Waals surface area contributed by atoms with E-state index < -0.39 is 0 Å². The minimum Gasteiger partial charge on any atom is -0.507 e. The summed E-state index contributed by atoms with van der Waals surface area (Å²) in [6.45, 7) is 5.91. The van der Waals surface area contributed by atoms with Crippen molar-refractivity contribution in [2.24, 2.45) is 0 Å². The van der Waals surface area contributed by atoms with E-state index in [4.69, 9.17) is 0 Å². The first kappa shape index (κ1) is 15.8. The van der Waals surface area contributed by atoms with Crippen LogP contribution in [0, 0.1) is 0 Å². The summed E-state index contributed by atoms with van der Waals surface area (Å²) in [5.74, 6) is -0.488. The van der Waals surface area contributed by atoms with E-state index in [0.717, 1.165) is 5.56 Å². The number of phenols is 2. The summed E-state index contributed by atoms with van der Waals surface area (Å²) in [5, 5.41) is 19.5. The van der Waals surface area contributed by atoms with Crippen LogP contribution in [0.4, 0.5) is 0 Å². The van der Waals surface area contributed by atoms with Gasteiger partial charge in [0.1, 0.15) is 11.5 Å². The fourth-order valence-electron chi connectivity index (χ4n) is 1.94. The molecule has 0 amide bonds. The summed E-state index contributed by atoms with van der Waals surface area (Å²) in [7, 11) is 0. The van der Waals surface area contributed by atoms with Gasteiger partial charge in [0.2, 0.25) is 5.78 Å². The molecule has 3 heteroatoms. The van der Waals surface area contributed by atoms with E-state index in [1.807, 2.05) is 20.8 Å². The maximum atomic E-state index is 12.3. The third-order valence-electron chi connectivity index (χ3n) is 2.89. The third-order valence-corrected chi connectivity index (χ3v) is 2.89. The number of para-hydroxylation sites is 1. The van der Waals surface area contributed by atoms with Crippen LogP contribution in [-0.4, -0.2) is 16.0 Å². The molecule has 0 spiro atoms. The van der Waals surface area contributed by atoms with E-state index in [1.54, 1.807) is 30.3 Å². The molecule has 0 aliphatic heterocycles. The molecule has 0 heterocycles. The summed E-state index contributed by atoms with van der Waals surface area (Å²) in [6.07, 6.45) is 0.642. The van der Waals surface area contributed by atoms with Crippen LogP contribution in [-0.2, 0) is 6.42 Å². The Bertz CT molecular complexity index is 589. The molecule has 0 fully saturated rings. The van der Waals surface area contributed by atoms with E-state index in [2.05, 4.69) is 0 Å². The molecule has 0 aliphatic rings. The van der Waals surface area contributed by atoms with Gasteiger partial charge in [0, 0.05) is 0 Å². The second kappa shape index (κ2) is 7.34. The second-order valence-electron chi connectivity index (χ2n) is 4.01. The Morgan fingerprint density at radius 3 is 2.15 bits per heavy atom. The number of aromatic hydroxyl groups is 2. The SMILES string of the molecule is CC.CCc1cccc(O)c1C(=O)c1ccccc1O. The van der Waals surface area contributed by atoms with E-state index >= 15 is 0 Å². The van der Waals surface area contributed by atoms with E-state index in [9.17, 15) is 15.0 Å². The fourth-order valence-corrected chi connectivity index (χ4v) is 1.94. The molecule has 2 aromatic carbocycles. The van der Waals surface area contributed by atoms with Crippen molar-refractivity contribution in [3.8, 4) is 11.5 Å². The molecule has 0 bridgehead atoms. The standard InChI is InChI=1S/C15H14O3.C2H6/c1-2-10-6-5-9-13(17)14(10)15(18)11-7-3-4-8-12(11)16;1-2/h3-9,16-17H,2H2,1H3;1-2H3. The van der Waals surface area contributed by atoms with Crippen molar-refractivity contribution in [3.63, 3.8) is 0 Å². The third kappa shape index (κ3) is 3.18. The largest absolute Gasteiger partial charge is 0.507 e. The Morgan fingerprint density at radius 1 is 0.950 bits per heavy atom. The van der Waals surface area contributed by atoms with Crippen molar-refractivity contribution in [1.82, 2.24) is 0 Å². The molecule has 0 aromatic heterocycles. The van der Waals surface area contributed by atoms with Gasteiger partial charge < -0.3 is 10.2 Å². The molecule has 2 N–H and O–H groups in total. The number of hydrogen-bond acceptors (Lipinski definition) is 3. The molecule has 2 aromatic rings. The molecule has 0 radical (unpaired) electrons. The number of rotatable bonds is 3. The predicted molar refractivity (Wildman–Crippen MR) is 80.4 cm³/mol. The van der Waals surface area contributed by atoms with E-state index in [-0.39, 0.29) is 28.4 Å². The molecule has 3 nitrogen and oxygen atoms in total. The lowest BCUT2D eigenvalue weighted by Gasteiger charge is -2.10. The molecule has 106 valence electrons. The van der Waals surface area contributed by atoms with E-state index in [0.29, 0.717) is 6.42 Å². The highest BCUT2D eigenvalue weighted by molar-refractivity contribution is 6.13. The van der Waals surface area contributed by atoms with Crippen LogP contribution in [0.2, 0.25) is 0 Å². The first-order valence-electron chi connectivity index (χ1n) is 6.78. The topological polar surface area (TPSA) is 57.5 Å². The summed E-state index contributed by atoms with van der Waals surface area (Å²) < 4.78 is 0. The minimum absolute atomic E-state index is 0.0531. The van der Waals surface area contributed by atoms with Crippen LogP contribution < -0.4 is 0 Å². The molecular formula is C17H20O3. The summed E-state index contributed by atoms with van der Waals surface area (Å²) in [6, 6.07) is 11.3. The minimum atomic E-state index is -0.358. The number of carbonyl (C=O) groups excluding carboxylic acids is 1. The number of carbonyl (C=O) groups is 1. The van der Waals surface area contributed by atoms with Crippen molar-refractivity contribution in [2.45, 2.75) is 27.2 Å². The first-order valence-corrected chi connectivity index (χ1v) is 6.78. The highest BCUT2D eigenvalue weighted by Gasteiger charge is 2.19. The van der Waals surface area contributed by atoms with Gasteiger partial charge in [0.15, 0.2) is 0 Å². The Kier molecular flexibility index (Phi) is 5.78. The summed E-state index contributed by atoms with van der Waals surface area (Å²) in [4.78, 5) is 12.3. The van der Waals surface area contributed by atoms with Crippen molar-refractivity contribution >= 4 is 5.78 Å². The molecular weight excluding hydrogens is 252 g/mol. The van der Waals surface area contributed by atoms with Crippen molar-refractivity contribution < 1.29 is 15.0 Å². The number of ketones is 1. The number of phenolic OH excluding ortho intramolecular Hbond substituents is 2. The highest BCUT2D eigenvalue weighted by atomic mass is 16.3. The maximum Gasteiger partial charge on any atom is 0.200 e. The van der Waals surface area contributed by atoms with Crippen molar-refractivity contribution in [3.05, 3.63) is 59.2 Å². The molecule has 20 heavy (non-hydrogen) atoms. The average molecular weight is 272 g/mol. The second-order valence-corrected chi connectivity index (χ2v) is 4.01. The van der Waals surface area contributed by atoms with Crippen LogP contribution in [0.1, 0.15) is 42.3 Å². The van der Waals surface area contributed by atoms with Crippen LogP contribution in [0.5, 0.6) is 11.5 Å². The quantitative estimate of drug-likeness (QED) is 0.833. The van der Waals surface area contributed by atoms with Gasteiger partial charge in [-0.05, 0) is 30.2 Å². The Morgan fingerprint density at radius 2 is 1.55 bits per heavy atom.